The zero-order valence-corrected chi connectivity index (χ0v) is 6.63. The van der Waals surface area contributed by atoms with Crippen LogP contribution in [0.2, 0.25) is 0 Å². The molecule has 4 nitrogen and oxygen atoms in total. The third kappa shape index (κ3) is 371. The maximum atomic E-state index is 8.25. The van der Waals surface area contributed by atoms with Crippen molar-refractivity contribution in [3.8, 4) is 0 Å². The predicted octanol–water partition coefficient (Wildman–Crippen LogP) is 0.364. The second kappa shape index (κ2) is 17.6. The number of nitrogens with zero attached hydrogens (tertiary/aromatic N) is 1. The van der Waals surface area contributed by atoms with Gasteiger partial charge in [0.2, 0.25) is 0 Å². The van der Waals surface area contributed by atoms with Crippen molar-refractivity contribution in [1.82, 2.24) is 0 Å². The molecule has 0 aliphatic rings. The summed E-state index contributed by atoms with van der Waals surface area (Å²) in [6.45, 7) is 7.00. The van der Waals surface area contributed by atoms with Crippen LogP contribution >= 0.6 is 0 Å². The molecule has 0 unspecified atom stereocenters. The first-order valence-corrected chi connectivity index (χ1v) is 0.956. The molecule has 0 aliphatic heterocycles. The summed E-state index contributed by atoms with van der Waals surface area (Å²) < 4.78 is 0. The van der Waals surface area contributed by atoms with Gasteiger partial charge in [0.05, 0.1) is 5.09 Å². The van der Waals surface area contributed by atoms with E-state index < -0.39 is 5.09 Å². The van der Waals surface area contributed by atoms with E-state index in [0.29, 0.717) is 0 Å². The molecule has 0 saturated carbocycles. The zero-order chi connectivity index (χ0) is 5.58. The van der Waals surface area contributed by atoms with Crippen molar-refractivity contribution < 1.29 is 24.6 Å². The Labute approximate surface area is 53.7 Å². The summed E-state index contributed by atoms with van der Waals surface area (Å²) in [6.07, 6.45) is 0. The summed E-state index contributed by atoms with van der Waals surface area (Å²) in [6, 6.07) is 0. The molecule has 0 aromatic heterocycles. The molecule has 0 bridgehead atoms. The summed E-state index contributed by atoms with van der Waals surface area (Å²) >= 11 is 0. The van der Waals surface area contributed by atoms with Crippen LogP contribution in [-0.4, -0.2) is 5.09 Å². The maximum Gasteiger partial charge on any atom is 2.00 e. The van der Waals surface area contributed by atoms with Gasteiger partial charge in [-0.15, -0.1) is 0 Å². The van der Waals surface area contributed by atoms with Crippen molar-refractivity contribution in [3.05, 3.63) is 28.5 Å². The molecular formula is C2H3NO3Zn. The van der Waals surface area contributed by atoms with Gasteiger partial charge in [0.1, 0.15) is 0 Å². The van der Waals surface area contributed by atoms with Crippen molar-refractivity contribution in [1.29, 1.82) is 0 Å². The molecule has 0 aromatic rings. The monoisotopic (exact) mass is 153 g/mol. The first-order chi connectivity index (χ1) is 2.73. The summed E-state index contributed by atoms with van der Waals surface area (Å²) in [4.78, 5) is 8.25. The number of rotatable bonds is 0. The van der Waals surface area contributed by atoms with Crippen LogP contribution in [0.15, 0.2) is 6.58 Å². The van der Waals surface area contributed by atoms with Crippen LogP contribution in [0, 0.1) is 21.9 Å². The van der Waals surface area contributed by atoms with Crippen molar-refractivity contribution in [2.24, 2.45) is 0 Å². The van der Waals surface area contributed by atoms with E-state index >= 15 is 0 Å². The molecule has 7 heavy (non-hydrogen) atoms. The van der Waals surface area contributed by atoms with E-state index in [-0.39, 0.29) is 19.5 Å². The Kier molecular flexibility index (Phi) is 40.3. The van der Waals surface area contributed by atoms with Crippen LogP contribution < -0.4 is 0 Å². The van der Waals surface area contributed by atoms with E-state index in [9.17, 15) is 0 Å². The van der Waals surface area contributed by atoms with Gasteiger partial charge >= 0.3 is 19.5 Å². The van der Waals surface area contributed by atoms with Gasteiger partial charge in [-0.1, -0.05) is 0 Å². The number of hydrogen-bond donors (Lipinski definition) is 0. The van der Waals surface area contributed by atoms with E-state index in [0.717, 1.165) is 0 Å². The minimum atomic E-state index is -1.75. The second-order valence-corrected chi connectivity index (χ2v) is 0.224. The molecule has 0 aromatic carbocycles. The fraction of sp³-hybridized carbons (Fsp3) is 0. The molecule has 0 saturated heterocycles. The third-order valence-electron chi connectivity index (χ3n) is 0. The average Bonchev–Trinajstić information content (AvgIpc) is 1.41. The molecular weight excluding hydrogens is 151 g/mol. The molecule has 0 radical (unpaired) electrons. The first-order valence-electron chi connectivity index (χ1n) is 0.956. The van der Waals surface area contributed by atoms with E-state index in [1.165, 1.54) is 0 Å². The zero-order valence-electron chi connectivity index (χ0n) is 3.66. The van der Waals surface area contributed by atoms with E-state index in [2.05, 4.69) is 13.2 Å². The van der Waals surface area contributed by atoms with Gasteiger partial charge < -0.3 is 21.9 Å². The first kappa shape index (κ1) is 16.0. The molecule has 0 N–H and O–H groups in total. The van der Waals surface area contributed by atoms with Crippen LogP contribution in [0.1, 0.15) is 0 Å². The van der Waals surface area contributed by atoms with Gasteiger partial charge in [-0.3, -0.25) is 6.58 Å². The fourth-order valence-electron chi connectivity index (χ4n) is 0. The van der Waals surface area contributed by atoms with Crippen molar-refractivity contribution in [2.75, 3.05) is 0 Å². The largest absolute Gasteiger partial charge is 2.00 e. The molecule has 0 amide bonds. The summed E-state index contributed by atoms with van der Waals surface area (Å²) in [5.41, 5.74) is 0. The standard InChI is InChI=1S/C2H3.NO3.Zn/c1-2;2-1(3)4;/h1H,2H2;;/q2*-1;+2. The predicted molar refractivity (Wildman–Crippen MR) is 20.3 cm³/mol. The molecule has 0 heterocycles. The maximum absolute atomic E-state index is 8.25. The molecule has 0 rings (SSSR count). The van der Waals surface area contributed by atoms with Crippen LogP contribution in [0.25, 0.3) is 0 Å². The molecule has 36 valence electrons. The van der Waals surface area contributed by atoms with Gasteiger partial charge in [-0.25, -0.2) is 0 Å². The minimum Gasteiger partial charge on any atom is -0.521 e. The Balaban J connectivity index is -0.0000000480. The van der Waals surface area contributed by atoms with Gasteiger partial charge in [0.15, 0.2) is 0 Å². The van der Waals surface area contributed by atoms with Gasteiger partial charge in [0.25, 0.3) is 0 Å². The fourth-order valence-corrected chi connectivity index (χ4v) is 0. The molecule has 0 spiro atoms. The SMILES string of the molecule is O=[N+]([O-])[O-].[CH-]=C.[Zn+2]. The van der Waals surface area contributed by atoms with Gasteiger partial charge in [-0.05, 0) is 0 Å². The van der Waals surface area contributed by atoms with Gasteiger partial charge in [-0.2, -0.15) is 0 Å². The van der Waals surface area contributed by atoms with Crippen molar-refractivity contribution in [2.45, 2.75) is 0 Å². The summed E-state index contributed by atoms with van der Waals surface area (Å²) in [7, 11) is 0. The molecule has 0 atom stereocenters. The van der Waals surface area contributed by atoms with Crippen LogP contribution in [-0.2, 0) is 19.5 Å². The normalized spacial score (nSPS) is 4.00. The molecule has 0 fully saturated rings. The topological polar surface area (TPSA) is 66.2 Å². The van der Waals surface area contributed by atoms with E-state index in [1.807, 2.05) is 0 Å². The molecule has 0 aliphatic carbocycles. The molecule has 5 heteroatoms. The van der Waals surface area contributed by atoms with E-state index in [1.54, 1.807) is 0 Å². The Hall–Kier alpha value is -0.437. The Bertz CT molecular complexity index is 44.2. The second-order valence-electron chi connectivity index (χ2n) is 0.224. The quantitative estimate of drug-likeness (QED) is 0.219. The van der Waals surface area contributed by atoms with Crippen LogP contribution in [0.4, 0.5) is 0 Å². The summed E-state index contributed by atoms with van der Waals surface area (Å²) in [5, 5.41) is 14.8. The average molecular weight is 154 g/mol. The van der Waals surface area contributed by atoms with Crippen LogP contribution in [0.3, 0.4) is 0 Å². The smallest absolute Gasteiger partial charge is 0.521 e. The van der Waals surface area contributed by atoms with Crippen molar-refractivity contribution in [3.63, 3.8) is 0 Å². The minimum absolute atomic E-state index is 0. The van der Waals surface area contributed by atoms with Gasteiger partial charge in [0, 0.05) is 0 Å². The third-order valence-corrected chi connectivity index (χ3v) is 0. The van der Waals surface area contributed by atoms with Crippen LogP contribution in [0.5, 0.6) is 0 Å². The Morgan fingerprint density at radius 3 is 1.43 bits per heavy atom. The van der Waals surface area contributed by atoms with E-state index in [4.69, 9.17) is 15.3 Å². The Morgan fingerprint density at radius 2 is 1.43 bits per heavy atom. The Morgan fingerprint density at radius 1 is 1.43 bits per heavy atom. The number of hydrogen-bond acceptors (Lipinski definition) is 3. The summed E-state index contributed by atoms with van der Waals surface area (Å²) in [5.74, 6) is 0. The van der Waals surface area contributed by atoms with Crippen molar-refractivity contribution >= 4 is 0 Å².